The van der Waals surface area contributed by atoms with Crippen LogP contribution < -0.4 is 10.4 Å². The first-order chi connectivity index (χ1) is 16.0. The Bertz CT molecular complexity index is 1100. The molecule has 1 N–H and O–H groups in total. The van der Waals surface area contributed by atoms with E-state index in [4.69, 9.17) is 9.27 Å². The van der Waals surface area contributed by atoms with E-state index < -0.39 is 7.43 Å². The van der Waals surface area contributed by atoms with Crippen molar-refractivity contribution >= 4 is 18.4 Å². The van der Waals surface area contributed by atoms with Gasteiger partial charge < -0.3 is 4.52 Å². The highest BCUT2D eigenvalue weighted by atomic mass is 31.2. The lowest BCUT2D eigenvalue weighted by molar-refractivity contribution is 0.421. The number of nitrogens with one attached hydrogen (secondary N) is 1. The molecule has 1 unspecified atom stereocenters. The first kappa shape index (κ1) is 30.8. The average Bonchev–Trinajstić information content (AvgIpc) is 2.63. The molecule has 2 aromatic rings. The normalized spacial score (nSPS) is 15.1. The van der Waals surface area contributed by atoms with Crippen LogP contribution in [0.2, 0.25) is 0 Å². The third-order valence-corrected chi connectivity index (χ3v) is 9.82. The van der Waals surface area contributed by atoms with Gasteiger partial charge >= 0.3 is 0 Å². The van der Waals surface area contributed by atoms with Crippen LogP contribution in [0.15, 0.2) is 29.0 Å². The van der Waals surface area contributed by atoms with Crippen LogP contribution in [0.1, 0.15) is 116 Å². The van der Waals surface area contributed by atoms with Gasteiger partial charge in [-0.2, -0.15) is 0 Å². The Morgan fingerprint density at radius 3 is 1.39 bits per heavy atom. The van der Waals surface area contributed by atoms with Crippen molar-refractivity contribution in [1.29, 1.82) is 0 Å². The summed E-state index contributed by atoms with van der Waals surface area (Å²) in [6.45, 7) is 33.8. The summed E-state index contributed by atoms with van der Waals surface area (Å²) in [7, 11) is -0.816. The molecule has 1 atom stereocenters. The van der Waals surface area contributed by atoms with Gasteiger partial charge in [0.15, 0.2) is 7.43 Å². The predicted octanol–water partition coefficient (Wildman–Crippen LogP) is 9.53. The van der Waals surface area contributed by atoms with E-state index in [0.29, 0.717) is 0 Å². The molecule has 0 saturated carbocycles. The van der Waals surface area contributed by atoms with Crippen LogP contribution in [0.25, 0.3) is 0 Å². The Balaban J connectivity index is 3.24. The van der Waals surface area contributed by atoms with E-state index in [1.807, 2.05) is 7.11 Å². The predicted molar refractivity (Wildman–Crippen MR) is 162 cm³/mol. The minimum Gasteiger partial charge on any atom is -0.332 e. The van der Waals surface area contributed by atoms with E-state index in [0.717, 1.165) is 5.69 Å². The zero-order valence-electron chi connectivity index (χ0n) is 26.1. The van der Waals surface area contributed by atoms with Gasteiger partial charge in [0.2, 0.25) is 0 Å². The van der Waals surface area contributed by atoms with Gasteiger partial charge in [0.05, 0.1) is 5.69 Å². The lowest BCUT2D eigenvalue weighted by Crippen LogP contribution is -2.38. The van der Waals surface area contributed by atoms with Gasteiger partial charge in [0.25, 0.3) is 0 Å². The standard InChI is InChI=1S/C32H53N2OP/c1-21-17-22(2)28(23(3)18-21)36(35-16,34-32(13,14)15)33-27-25(30(7,8)9)19-24(29(4,5)6)20-26(27)31(10,11)12/h17-20,34H,1-16H3. The molecule has 4 heteroatoms. The van der Waals surface area contributed by atoms with E-state index in [9.17, 15) is 0 Å². The largest absolute Gasteiger partial charge is 0.332 e. The summed E-state index contributed by atoms with van der Waals surface area (Å²) in [6, 6.07) is 9.30. The summed E-state index contributed by atoms with van der Waals surface area (Å²) in [4.78, 5) is 0. The Kier molecular flexibility index (Phi) is 8.60. The summed E-state index contributed by atoms with van der Waals surface area (Å²) in [6.07, 6.45) is 0. The Morgan fingerprint density at radius 1 is 0.667 bits per heavy atom. The van der Waals surface area contributed by atoms with Crippen molar-refractivity contribution in [1.82, 2.24) is 5.09 Å². The molecule has 0 fully saturated rings. The van der Waals surface area contributed by atoms with Crippen molar-refractivity contribution in [2.45, 2.75) is 126 Å². The fourth-order valence-corrected chi connectivity index (χ4v) is 7.98. The highest BCUT2D eigenvalue weighted by molar-refractivity contribution is 7.67. The molecule has 202 valence electrons. The average molecular weight is 513 g/mol. The molecule has 0 heterocycles. The monoisotopic (exact) mass is 512 g/mol. The molecule has 36 heavy (non-hydrogen) atoms. The van der Waals surface area contributed by atoms with Crippen LogP contribution in [0, 0.1) is 20.8 Å². The lowest BCUT2D eigenvalue weighted by Gasteiger charge is -2.37. The molecule has 0 amide bonds. The second-order valence-corrected chi connectivity index (χ2v) is 17.0. The molecule has 0 aliphatic rings. The van der Waals surface area contributed by atoms with Gasteiger partial charge in [-0.3, -0.25) is 5.09 Å². The van der Waals surface area contributed by atoms with E-state index >= 15 is 0 Å². The summed E-state index contributed by atoms with van der Waals surface area (Å²) in [5, 5.41) is 5.11. The number of aryl methyl sites for hydroxylation is 3. The maximum absolute atomic E-state index is 6.57. The van der Waals surface area contributed by atoms with E-state index in [1.54, 1.807) is 0 Å². The summed E-state index contributed by atoms with van der Waals surface area (Å²) in [5.74, 6) is 0. The van der Waals surface area contributed by atoms with Crippen molar-refractivity contribution < 1.29 is 4.52 Å². The van der Waals surface area contributed by atoms with Crippen LogP contribution in [-0.4, -0.2) is 12.6 Å². The molecule has 0 aliphatic heterocycles. The Labute approximate surface area is 223 Å². The molecule has 0 spiro atoms. The summed E-state index contributed by atoms with van der Waals surface area (Å²) in [5.41, 5.74) is 8.39. The zero-order chi connectivity index (χ0) is 28.1. The minimum absolute atomic E-state index is 0.0415. The van der Waals surface area contributed by atoms with E-state index in [2.05, 4.69) is 133 Å². The van der Waals surface area contributed by atoms with Crippen molar-refractivity contribution in [2.75, 3.05) is 7.11 Å². The zero-order valence-corrected chi connectivity index (χ0v) is 27.0. The molecular weight excluding hydrogens is 459 g/mol. The fourth-order valence-electron chi connectivity index (χ4n) is 4.87. The summed E-state index contributed by atoms with van der Waals surface area (Å²) < 4.78 is 12.3. The second kappa shape index (κ2) is 10.0. The van der Waals surface area contributed by atoms with E-state index in [1.165, 1.54) is 38.7 Å². The first-order valence-corrected chi connectivity index (χ1v) is 14.9. The second-order valence-electron chi connectivity index (χ2n) is 14.6. The number of rotatable bonds is 4. The lowest BCUT2D eigenvalue weighted by atomic mass is 9.74. The van der Waals surface area contributed by atoms with Gasteiger partial charge in [-0.15, -0.1) is 0 Å². The van der Waals surface area contributed by atoms with Crippen molar-refractivity contribution in [3.8, 4) is 0 Å². The maximum Gasteiger partial charge on any atom is 0.187 e. The molecular formula is C32H53N2OP. The molecule has 0 aliphatic carbocycles. The number of benzene rings is 2. The van der Waals surface area contributed by atoms with Crippen LogP contribution >= 0.6 is 7.43 Å². The van der Waals surface area contributed by atoms with Crippen LogP contribution in [-0.2, 0) is 20.8 Å². The van der Waals surface area contributed by atoms with Gasteiger partial charge in [-0.05, 0) is 85.6 Å². The van der Waals surface area contributed by atoms with Crippen LogP contribution in [0.5, 0.6) is 0 Å². The molecule has 2 rings (SSSR count). The molecule has 2 aromatic carbocycles. The SMILES string of the molecule is COP(=Nc1c(C(C)(C)C)cc(C(C)(C)C)cc1C(C)(C)C)(NC(C)(C)C)c1c(C)cc(C)cc1C. The molecule has 0 bridgehead atoms. The van der Waals surface area contributed by atoms with Crippen molar-refractivity contribution in [3.05, 3.63) is 57.6 Å². The number of nitrogens with zero attached hydrogens (tertiary/aromatic N) is 1. The minimum atomic E-state index is -2.64. The van der Waals surface area contributed by atoms with E-state index in [-0.39, 0.29) is 21.8 Å². The Morgan fingerprint density at radius 2 is 1.08 bits per heavy atom. The number of hydrogen-bond donors (Lipinski definition) is 1. The van der Waals surface area contributed by atoms with Gasteiger partial charge in [-0.25, -0.2) is 4.74 Å². The quantitative estimate of drug-likeness (QED) is 0.414. The van der Waals surface area contributed by atoms with Crippen molar-refractivity contribution in [2.24, 2.45) is 4.74 Å². The molecule has 3 nitrogen and oxygen atoms in total. The topological polar surface area (TPSA) is 33.6 Å². The summed E-state index contributed by atoms with van der Waals surface area (Å²) >= 11 is 0. The fraction of sp³-hybridized carbons (Fsp3) is 0.625. The number of hydrogen-bond acceptors (Lipinski definition) is 2. The maximum atomic E-state index is 6.57. The van der Waals surface area contributed by atoms with Crippen LogP contribution in [0.3, 0.4) is 0 Å². The molecule has 0 saturated heterocycles. The smallest absolute Gasteiger partial charge is 0.187 e. The van der Waals surface area contributed by atoms with Gasteiger partial charge in [0, 0.05) is 18.0 Å². The highest BCUT2D eigenvalue weighted by Gasteiger charge is 2.35. The van der Waals surface area contributed by atoms with Crippen molar-refractivity contribution in [3.63, 3.8) is 0 Å². The Hall–Kier alpha value is -1.41. The molecule has 0 radical (unpaired) electrons. The first-order valence-electron chi connectivity index (χ1n) is 13.3. The highest BCUT2D eigenvalue weighted by Crippen LogP contribution is 2.54. The third kappa shape index (κ3) is 6.91. The third-order valence-electron chi connectivity index (χ3n) is 6.52. The van der Waals surface area contributed by atoms with Gasteiger partial charge in [-0.1, -0.05) is 92.1 Å². The molecule has 0 aromatic heterocycles. The van der Waals surface area contributed by atoms with Crippen LogP contribution in [0.4, 0.5) is 5.69 Å². The van der Waals surface area contributed by atoms with Gasteiger partial charge in [0.1, 0.15) is 0 Å².